The van der Waals surface area contributed by atoms with Gasteiger partial charge in [0.05, 0.1) is 16.8 Å². The number of rotatable bonds is 6. The van der Waals surface area contributed by atoms with Gasteiger partial charge in [0.15, 0.2) is 0 Å². The van der Waals surface area contributed by atoms with E-state index in [1.54, 1.807) is 11.9 Å². The Labute approximate surface area is 242 Å². The van der Waals surface area contributed by atoms with E-state index in [1.165, 1.54) is 16.5 Å². The van der Waals surface area contributed by atoms with Crippen LogP contribution in [0.5, 0.6) is 0 Å². The van der Waals surface area contributed by atoms with Crippen LogP contribution < -0.4 is 16.0 Å². The third kappa shape index (κ3) is 5.74. The number of hydrogen-bond donors (Lipinski definition) is 2. The molecule has 41 heavy (non-hydrogen) atoms. The van der Waals surface area contributed by atoms with Gasteiger partial charge in [-0.05, 0) is 61.0 Å². The lowest BCUT2D eigenvalue weighted by atomic mass is 10.0. The van der Waals surface area contributed by atoms with Crippen LogP contribution in [0.1, 0.15) is 52.0 Å². The largest absolute Gasteiger partial charge is 0.367 e. The molecule has 2 aromatic rings. The third-order valence-electron chi connectivity index (χ3n) is 8.26. The maximum Gasteiger partial charge on any atom is 0.262 e. The van der Waals surface area contributed by atoms with Gasteiger partial charge < -0.3 is 10.6 Å². The van der Waals surface area contributed by atoms with E-state index < -0.39 is 35.5 Å². The molecule has 4 amide bonds. The predicted molar refractivity (Wildman–Crippen MR) is 152 cm³/mol. The number of piperazine rings is 1. The molecule has 12 heteroatoms. The van der Waals surface area contributed by atoms with Gasteiger partial charge in [-0.25, -0.2) is 8.70 Å². The van der Waals surface area contributed by atoms with Gasteiger partial charge in [0.25, 0.3) is 11.8 Å². The number of nitrogens with two attached hydrogens (primary N) is 1. The van der Waals surface area contributed by atoms with E-state index in [9.17, 15) is 19.2 Å². The second-order valence-electron chi connectivity index (χ2n) is 11.1. The lowest BCUT2D eigenvalue weighted by Gasteiger charge is -2.36. The highest BCUT2D eigenvalue weighted by Crippen LogP contribution is 2.33. The fourth-order valence-electron chi connectivity index (χ4n) is 5.94. The minimum Gasteiger partial charge on any atom is -0.367 e. The smallest absolute Gasteiger partial charge is 0.262 e. The molecule has 0 saturated carbocycles. The van der Waals surface area contributed by atoms with Gasteiger partial charge in [-0.3, -0.25) is 34.3 Å². The number of halogens is 1. The number of amides is 4. The molecule has 4 aliphatic rings. The Balaban J connectivity index is 1.08. The van der Waals surface area contributed by atoms with Gasteiger partial charge in [0, 0.05) is 63.2 Å². The molecule has 0 spiro atoms. The summed E-state index contributed by atoms with van der Waals surface area (Å²) in [5.41, 5.74) is 7.56. The molecule has 2 aromatic carbocycles. The maximum absolute atomic E-state index is 15.3. The molecular formula is C29H33FN6O4S. The van der Waals surface area contributed by atoms with Crippen LogP contribution in [-0.4, -0.2) is 89.1 Å². The first kappa shape index (κ1) is 27.8. The van der Waals surface area contributed by atoms with Crippen LogP contribution in [-0.2, 0) is 16.1 Å². The summed E-state index contributed by atoms with van der Waals surface area (Å²) in [5.74, 6) is -3.05. The molecule has 1 atom stereocenters. The van der Waals surface area contributed by atoms with Crippen molar-refractivity contribution in [2.45, 2.75) is 49.2 Å². The van der Waals surface area contributed by atoms with Crippen molar-refractivity contribution in [3.63, 3.8) is 0 Å². The Morgan fingerprint density at radius 3 is 2.32 bits per heavy atom. The Kier molecular flexibility index (Phi) is 7.82. The van der Waals surface area contributed by atoms with Crippen LogP contribution in [0.15, 0.2) is 41.3 Å². The number of anilines is 1. The Hall–Kier alpha value is -3.32. The molecule has 4 heterocycles. The lowest BCUT2D eigenvalue weighted by molar-refractivity contribution is -0.136. The fourth-order valence-corrected chi connectivity index (χ4v) is 6.98. The number of imide groups is 2. The van der Waals surface area contributed by atoms with Gasteiger partial charge >= 0.3 is 0 Å². The van der Waals surface area contributed by atoms with E-state index in [2.05, 4.69) is 38.8 Å². The standard InChI is InChI=1S/C29H33FN6O4S/c30-23-15-21-22(29(40)36(28(21)39)24-4-5-26(37)32-27(24)38)16-25(23)34-12-10-33(11-13-34)17-18-2-1-3-20(14-18)41-35-8-6-19(31)7-9-35/h1-3,14-16,19,24H,4-13,17,31H2,(H,32,37,38). The number of hydrogen-bond acceptors (Lipinski definition) is 9. The highest BCUT2D eigenvalue weighted by atomic mass is 32.2. The second-order valence-corrected chi connectivity index (χ2v) is 12.2. The number of benzene rings is 2. The van der Waals surface area contributed by atoms with Gasteiger partial charge in [-0.15, -0.1) is 0 Å². The van der Waals surface area contributed by atoms with Gasteiger partial charge in [-0.1, -0.05) is 12.1 Å². The van der Waals surface area contributed by atoms with Gasteiger partial charge in [-0.2, -0.15) is 0 Å². The topological polar surface area (TPSA) is 119 Å². The van der Waals surface area contributed by atoms with Crippen LogP contribution >= 0.6 is 11.9 Å². The van der Waals surface area contributed by atoms with Crippen LogP contribution in [0, 0.1) is 5.82 Å². The van der Waals surface area contributed by atoms with Crippen molar-refractivity contribution in [2.75, 3.05) is 44.2 Å². The lowest BCUT2D eigenvalue weighted by Crippen LogP contribution is -2.54. The molecule has 1 unspecified atom stereocenters. The quantitative estimate of drug-likeness (QED) is 0.391. The first-order valence-corrected chi connectivity index (χ1v) is 14.8. The molecular weight excluding hydrogens is 547 g/mol. The second kappa shape index (κ2) is 11.5. The van der Waals surface area contributed by atoms with Crippen molar-refractivity contribution < 1.29 is 23.6 Å². The van der Waals surface area contributed by atoms with Gasteiger partial charge in [0.2, 0.25) is 11.8 Å². The van der Waals surface area contributed by atoms with Crippen LogP contribution in [0.3, 0.4) is 0 Å². The average molecular weight is 581 g/mol. The number of carbonyl (C=O) groups excluding carboxylic acids is 4. The molecule has 6 rings (SSSR count). The number of piperidine rings is 2. The normalized spacial score (nSPS) is 22.8. The molecule has 3 fully saturated rings. The zero-order valence-corrected chi connectivity index (χ0v) is 23.5. The average Bonchev–Trinajstić information content (AvgIpc) is 3.19. The molecule has 3 N–H and O–H groups in total. The summed E-state index contributed by atoms with van der Waals surface area (Å²) in [6.07, 6.45) is 2.13. The minimum atomic E-state index is -1.08. The number of nitrogens with one attached hydrogen (secondary N) is 1. The van der Waals surface area contributed by atoms with Crippen molar-refractivity contribution in [1.82, 2.24) is 19.4 Å². The van der Waals surface area contributed by atoms with Crippen molar-refractivity contribution in [3.05, 3.63) is 58.9 Å². The summed E-state index contributed by atoms with van der Waals surface area (Å²) in [4.78, 5) is 56.3. The number of carbonyl (C=O) groups is 4. The summed E-state index contributed by atoms with van der Waals surface area (Å²) >= 11 is 1.78. The molecule has 3 saturated heterocycles. The van der Waals surface area contributed by atoms with E-state index >= 15 is 4.39 Å². The molecule has 10 nitrogen and oxygen atoms in total. The molecule has 4 aliphatic heterocycles. The van der Waals surface area contributed by atoms with Crippen molar-refractivity contribution >= 4 is 41.3 Å². The SMILES string of the molecule is NC1CCN(Sc2cccc(CN3CCN(c4cc5c(cc4F)C(=O)N(C4CCC(=O)NC4=O)C5=O)CC3)c2)CC1. The van der Waals surface area contributed by atoms with Crippen LogP contribution in [0.4, 0.5) is 10.1 Å². The minimum absolute atomic E-state index is 0.0322. The summed E-state index contributed by atoms with van der Waals surface area (Å²) in [5, 5.41) is 2.17. The third-order valence-corrected chi connectivity index (χ3v) is 9.35. The molecule has 0 radical (unpaired) electrons. The summed E-state index contributed by atoms with van der Waals surface area (Å²) in [6, 6.07) is 10.3. The summed E-state index contributed by atoms with van der Waals surface area (Å²) < 4.78 is 17.6. The van der Waals surface area contributed by atoms with Crippen LogP contribution in [0.2, 0.25) is 0 Å². The monoisotopic (exact) mass is 580 g/mol. The summed E-state index contributed by atoms with van der Waals surface area (Å²) in [7, 11) is 0. The number of fused-ring (bicyclic) bond motifs is 1. The molecule has 0 aliphatic carbocycles. The van der Waals surface area contributed by atoms with Crippen molar-refractivity contribution in [3.8, 4) is 0 Å². The number of nitrogens with zero attached hydrogens (tertiary/aromatic N) is 4. The predicted octanol–water partition coefficient (Wildman–Crippen LogP) is 1.98. The molecule has 0 aromatic heterocycles. The summed E-state index contributed by atoms with van der Waals surface area (Å²) in [6.45, 7) is 5.33. The van der Waals surface area contributed by atoms with E-state index in [0.29, 0.717) is 32.2 Å². The molecule has 216 valence electrons. The molecule has 0 bridgehead atoms. The Morgan fingerprint density at radius 1 is 0.902 bits per heavy atom. The van der Waals surface area contributed by atoms with E-state index in [-0.39, 0.29) is 29.7 Å². The highest BCUT2D eigenvalue weighted by Gasteiger charge is 2.45. The first-order chi connectivity index (χ1) is 19.8. The fraction of sp³-hybridized carbons (Fsp3) is 0.448. The zero-order chi connectivity index (χ0) is 28.7. The first-order valence-electron chi connectivity index (χ1n) is 14.1. The highest BCUT2D eigenvalue weighted by molar-refractivity contribution is 7.97. The van der Waals surface area contributed by atoms with Crippen molar-refractivity contribution in [1.29, 1.82) is 0 Å². The maximum atomic E-state index is 15.3. The zero-order valence-electron chi connectivity index (χ0n) is 22.7. The van der Waals surface area contributed by atoms with Crippen molar-refractivity contribution in [2.24, 2.45) is 5.73 Å². The Morgan fingerprint density at radius 2 is 1.61 bits per heavy atom. The van der Waals surface area contributed by atoms with Crippen LogP contribution in [0.25, 0.3) is 0 Å². The van der Waals surface area contributed by atoms with Gasteiger partial charge in [0.1, 0.15) is 11.9 Å². The van der Waals surface area contributed by atoms with E-state index in [0.717, 1.165) is 43.4 Å². The Bertz CT molecular complexity index is 1390. The van der Waals surface area contributed by atoms with E-state index in [1.807, 2.05) is 4.90 Å². The van der Waals surface area contributed by atoms with E-state index in [4.69, 9.17) is 5.73 Å².